The Hall–Kier alpha value is -2.49. The smallest absolute Gasteiger partial charge is 0.159 e. The van der Waals surface area contributed by atoms with Gasteiger partial charge < -0.3 is 5.32 Å². The third kappa shape index (κ3) is 1.23. The topological polar surface area (TPSA) is 50.2 Å². The molecule has 4 heteroatoms. The first kappa shape index (κ1) is 9.53. The summed E-state index contributed by atoms with van der Waals surface area (Å²) in [6.07, 6.45) is 5.47. The fraction of sp³-hybridized carbons (Fsp3) is 0.0714. The van der Waals surface area contributed by atoms with Crippen molar-refractivity contribution in [1.29, 1.82) is 0 Å². The number of nitrogens with one attached hydrogen (secondary N) is 1. The van der Waals surface area contributed by atoms with Crippen molar-refractivity contribution in [3.63, 3.8) is 0 Å². The molecule has 0 aromatic carbocycles. The number of allylic oxidation sites excluding steroid dienone is 1. The molecule has 0 unspecified atom stereocenters. The number of nitrogens with zero attached hydrogens (tertiary/aromatic N) is 3. The standard InChI is InChI=1S/C14H10N4/c1-3-9-11(7-17-13(9)15-5-1)12-8-18-14-10(12)4-2-6-16-14/h1-7H,8H2,(H,16,18). The molecule has 4 rings (SSSR count). The van der Waals surface area contributed by atoms with E-state index in [1.165, 1.54) is 5.57 Å². The van der Waals surface area contributed by atoms with Gasteiger partial charge in [-0.3, -0.25) is 0 Å². The van der Waals surface area contributed by atoms with Crippen LogP contribution in [0.5, 0.6) is 0 Å². The van der Waals surface area contributed by atoms with E-state index in [1.54, 1.807) is 12.4 Å². The molecule has 2 aliphatic heterocycles. The average Bonchev–Trinajstić information content (AvgIpc) is 3.01. The van der Waals surface area contributed by atoms with E-state index in [4.69, 9.17) is 0 Å². The minimum atomic E-state index is 0.794. The molecule has 4 nitrogen and oxygen atoms in total. The lowest BCUT2D eigenvalue weighted by atomic mass is 9.99. The molecular formula is C14H10N4. The summed E-state index contributed by atoms with van der Waals surface area (Å²) < 4.78 is 0. The van der Waals surface area contributed by atoms with Crippen LogP contribution in [0.1, 0.15) is 11.1 Å². The van der Waals surface area contributed by atoms with Gasteiger partial charge in [0, 0.05) is 41.9 Å². The normalized spacial score (nSPS) is 19.6. The van der Waals surface area contributed by atoms with Crippen LogP contribution >= 0.6 is 0 Å². The molecule has 0 aliphatic carbocycles. The van der Waals surface area contributed by atoms with E-state index in [0.717, 1.165) is 34.9 Å². The Morgan fingerprint density at radius 3 is 2.78 bits per heavy atom. The van der Waals surface area contributed by atoms with Gasteiger partial charge in [-0.25, -0.2) is 15.0 Å². The van der Waals surface area contributed by atoms with Crippen LogP contribution in [0.3, 0.4) is 0 Å². The van der Waals surface area contributed by atoms with Crippen molar-refractivity contribution in [2.75, 3.05) is 11.9 Å². The zero-order valence-corrected chi connectivity index (χ0v) is 9.59. The van der Waals surface area contributed by atoms with Crippen LogP contribution in [0.15, 0.2) is 41.7 Å². The molecule has 0 saturated heterocycles. The zero-order valence-electron chi connectivity index (χ0n) is 9.59. The van der Waals surface area contributed by atoms with Crippen LogP contribution in [0.25, 0.3) is 11.1 Å². The summed E-state index contributed by atoms with van der Waals surface area (Å²) in [7, 11) is 0. The van der Waals surface area contributed by atoms with Crippen LogP contribution in [0.2, 0.25) is 0 Å². The highest BCUT2D eigenvalue weighted by molar-refractivity contribution is 6.25. The number of hydrogen-bond donors (Lipinski definition) is 1. The molecule has 1 N–H and O–H groups in total. The lowest BCUT2D eigenvalue weighted by Gasteiger charge is -2.03. The fourth-order valence-corrected chi connectivity index (χ4v) is 2.44. The first-order valence-corrected chi connectivity index (χ1v) is 5.85. The van der Waals surface area contributed by atoms with Gasteiger partial charge in [0.1, 0.15) is 5.82 Å². The van der Waals surface area contributed by atoms with E-state index < -0.39 is 0 Å². The second kappa shape index (κ2) is 3.50. The Bertz CT molecular complexity index is 700. The van der Waals surface area contributed by atoms with Crippen LogP contribution in [0, 0.1) is 0 Å². The minimum absolute atomic E-state index is 0.794. The fourth-order valence-electron chi connectivity index (χ4n) is 2.44. The van der Waals surface area contributed by atoms with Gasteiger partial charge in [0.05, 0.1) is 0 Å². The summed E-state index contributed by atoms with van der Waals surface area (Å²) in [5.74, 6) is 1.75. The van der Waals surface area contributed by atoms with Gasteiger partial charge in [0.25, 0.3) is 0 Å². The van der Waals surface area contributed by atoms with Gasteiger partial charge in [-0.1, -0.05) is 0 Å². The predicted molar refractivity (Wildman–Crippen MR) is 71.9 cm³/mol. The third-order valence-corrected chi connectivity index (χ3v) is 3.28. The number of hydrogen-bond acceptors (Lipinski definition) is 4. The van der Waals surface area contributed by atoms with E-state index in [0.29, 0.717) is 0 Å². The van der Waals surface area contributed by atoms with Gasteiger partial charge in [-0.15, -0.1) is 0 Å². The SMILES string of the molecule is C1=Nc2ncccc2C1=C1CNc2ncccc21. The third-order valence-electron chi connectivity index (χ3n) is 3.28. The van der Waals surface area contributed by atoms with E-state index in [9.17, 15) is 0 Å². The first-order valence-electron chi connectivity index (χ1n) is 5.85. The van der Waals surface area contributed by atoms with Crippen molar-refractivity contribution in [3.8, 4) is 0 Å². The first-order chi connectivity index (χ1) is 8.93. The Labute approximate surface area is 104 Å². The summed E-state index contributed by atoms with van der Waals surface area (Å²) in [6, 6.07) is 8.06. The van der Waals surface area contributed by atoms with E-state index in [-0.39, 0.29) is 0 Å². The summed E-state index contributed by atoms with van der Waals surface area (Å²) >= 11 is 0. The summed E-state index contributed by atoms with van der Waals surface area (Å²) in [6.45, 7) is 0.794. The van der Waals surface area contributed by atoms with E-state index in [2.05, 4.69) is 32.4 Å². The number of anilines is 1. The maximum absolute atomic E-state index is 4.36. The molecule has 0 spiro atoms. The van der Waals surface area contributed by atoms with Gasteiger partial charge in [0.2, 0.25) is 0 Å². The summed E-state index contributed by atoms with van der Waals surface area (Å²) in [5.41, 5.74) is 4.66. The summed E-state index contributed by atoms with van der Waals surface area (Å²) in [5, 5.41) is 3.31. The van der Waals surface area contributed by atoms with E-state index in [1.807, 2.05) is 18.3 Å². The molecule has 18 heavy (non-hydrogen) atoms. The van der Waals surface area contributed by atoms with Crippen molar-refractivity contribution in [2.24, 2.45) is 4.99 Å². The maximum Gasteiger partial charge on any atom is 0.159 e. The van der Waals surface area contributed by atoms with Crippen LogP contribution in [0.4, 0.5) is 11.6 Å². The molecule has 2 aromatic rings. The average molecular weight is 234 g/mol. The zero-order chi connectivity index (χ0) is 11.9. The Morgan fingerprint density at radius 2 is 1.83 bits per heavy atom. The number of aromatic nitrogens is 2. The second-order valence-corrected chi connectivity index (χ2v) is 4.28. The lowest BCUT2D eigenvalue weighted by Crippen LogP contribution is -1.95. The van der Waals surface area contributed by atoms with Crippen molar-refractivity contribution in [2.45, 2.75) is 0 Å². The molecule has 0 saturated carbocycles. The van der Waals surface area contributed by atoms with Crippen molar-refractivity contribution < 1.29 is 0 Å². The maximum atomic E-state index is 4.36. The highest BCUT2D eigenvalue weighted by Crippen LogP contribution is 2.38. The highest BCUT2D eigenvalue weighted by atomic mass is 15.0. The van der Waals surface area contributed by atoms with Gasteiger partial charge in [-0.05, 0) is 29.8 Å². The molecular weight excluding hydrogens is 224 g/mol. The summed E-state index contributed by atoms with van der Waals surface area (Å²) in [4.78, 5) is 13.0. The minimum Gasteiger partial charge on any atom is -0.365 e. The van der Waals surface area contributed by atoms with E-state index >= 15 is 0 Å². The van der Waals surface area contributed by atoms with Crippen molar-refractivity contribution in [3.05, 3.63) is 47.8 Å². The number of rotatable bonds is 0. The highest BCUT2D eigenvalue weighted by Gasteiger charge is 2.23. The van der Waals surface area contributed by atoms with Crippen LogP contribution < -0.4 is 5.32 Å². The van der Waals surface area contributed by atoms with Crippen molar-refractivity contribution >= 4 is 29.0 Å². The predicted octanol–water partition coefficient (Wildman–Crippen LogP) is 2.53. The quantitative estimate of drug-likeness (QED) is 0.762. The monoisotopic (exact) mass is 234 g/mol. The Morgan fingerprint density at radius 1 is 1.00 bits per heavy atom. The number of aliphatic imine (C=N–C) groups is 1. The van der Waals surface area contributed by atoms with Gasteiger partial charge in [-0.2, -0.15) is 0 Å². The second-order valence-electron chi connectivity index (χ2n) is 4.28. The molecule has 0 fully saturated rings. The molecule has 4 heterocycles. The molecule has 0 radical (unpaired) electrons. The number of fused-ring (bicyclic) bond motifs is 2. The molecule has 0 atom stereocenters. The molecule has 2 aliphatic rings. The van der Waals surface area contributed by atoms with Crippen LogP contribution in [-0.2, 0) is 0 Å². The largest absolute Gasteiger partial charge is 0.365 e. The molecule has 86 valence electrons. The van der Waals surface area contributed by atoms with Crippen LogP contribution in [-0.4, -0.2) is 22.7 Å². The molecule has 2 aromatic heterocycles. The van der Waals surface area contributed by atoms with Crippen molar-refractivity contribution in [1.82, 2.24) is 9.97 Å². The molecule has 0 bridgehead atoms. The number of pyridine rings is 2. The Kier molecular flexibility index (Phi) is 1.85. The van der Waals surface area contributed by atoms with Gasteiger partial charge in [0.15, 0.2) is 5.82 Å². The lowest BCUT2D eigenvalue weighted by molar-refractivity contribution is 1.28. The Balaban J connectivity index is 1.96. The van der Waals surface area contributed by atoms with Gasteiger partial charge >= 0.3 is 0 Å². The molecule has 0 amide bonds.